The van der Waals surface area contributed by atoms with Crippen LogP contribution < -0.4 is 60.2 Å². The molecule has 1 fully saturated rings. The van der Waals surface area contributed by atoms with Crippen LogP contribution in [0, 0.1) is 23.7 Å². The number of primary amides is 2. The number of halogens is 1. The molecule has 28 nitrogen and oxygen atoms in total. The van der Waals surface area contributed by atoms with Crippen molar-refractivity contribution in [2.75, 3.05) is 26.2 Å². The molecule has 102 heavy (non-hydrogen) atoms. The second-order valence-corrected chi connectivity index (χ2v) is 26.7. The first-order valence-corrected chi connectivity index (χ1v) is 34.5. The number of aliphatic imine (C=N–C) groups is 1. The van der Waals surface area contributed by atoms with Crippen molar-refractivity contribution in [1.29, 1.82) is 0 Å². The highest BCUT2D eigenvalue weighted by atomic mass is 35.5. The van der Waals surface area contributed by atoms with Crippen molar-refractivity contribution >= 4 is 99.0 Å². The number of aliphatic hydroxyl groups is 1. The predicted octanol–water partition coefficient (Wildman–Crippen LogP) is 2.56. The van der Waals surface area contributed by atoms with E-state index >= 15 is 0 Å². The number of nitrogens with two attached hydrogens (primary N) is 4. The minimum absolute atomic E-state index is 0.00339. The highest BCUT2D eigenvalue weighted by molar-refractivity contribution is 6.30. The first kappa shape index (κ1) is 80.6. The molecule has 6 rings (SSSR count). The molecule has 29 heteroatoms. The van der Waals surface area contributed by atoms with Crippen LogP contribution in [0.15, 0.2) is 121 Å². The third kappa shape index (κ3) is 26.3. The maximum atomic E-state index is 15.0. The summed E-state index contributed by atoms with van der Waals surface area (Å²) in [4.78, 5) is 177. The molecule has 548 valence electrons. The molecule has 1 aliphatic rings. The highest BCUT2D eigenvalue weighted by Gasteiger charge is 2.40. The van der Waals surface area contributed by atoms with E-state index in [-0.39, 0.29) is 101 Å². The second kappa shape index (κ2) is 40.2. The van der Waals surface area contributed by atoms with Crippen LogP contribution in [-0.2, 0) is 78.4 Å². The number of aromatic hydroxyl groups is 1. The van der Waals surface area contributed by atoms with Gasteiger partial charge in [0.1, 0.15) is 36.0 Å². The van der Waals surface area contributed by atoms with E-state index in [0.717, 1.165) is 16.3 Å². The van der Waals surface area contributed by atoms with Gasteiger partial charge in [-0.25, -0.2) is 4.79 Å². The fourth-order valence-corrected chi connectivity index (χ4v) is 12.4. The summed E-state index contributed by atoms with van der Waals surface area (Å²) < 4.78 is 0. The Labute approximate surface area is 597 Å². The number of guanidine groups is 1. The molecule has 0 spiro atoms. The summed E-state index contributed by atoms with van der Waals surface area (Å²) in [7, 11) is 0. The first-order valence-electron chi connectivity index (χ1n) is 34.1. The van der Waals surface area contributed by atoms with Gasteiger partial charge in [-0.1, -0.05) is 98.2 Å². The van der Waals surface area contributed by atoms with Crippen LogP contribution in [0.2, 0.25) is 5.02 Å². The van der Waals surface area contributed by atoms with Gasteiger partial charge in [0.15, 0.2) is 23.3 Å². The average molecular weight is 1430 g/mol. The number of aliphatic hydroxyl groups excluding tert-OH is 1. The summed E-state index contributed by atoms with van der Waals surface area (Å²) in [6, 6.07) is 19.2. The molecule has 1 saturated heterocycles. The van der Waals surface area contributed by atoms with E-state index in [2.05, 4.69) is 47.2 Å². The Morgan fingerprint density at radius 3 is 1.77 bits per heavy atom. The number of benzene rings is 4. The summed E-state index contributed by atoms with van der Waals surface area (Å²) >= 11 is 6.24. The number of phenols is 1. The number of rotatable bonds is 41. The molecule has 0 radical (unpaired) electrons. The number of amides is 10. The predicted molar refractivity (Wildman–Crippen MR) is 382 cm³/mol. The molecular weight excluding hydrogens is 1330 g/mol. The zero-order valence-electron chi connectivity index (χ0n) is 57.9. The number of carbonyl (C=O) groups excluding carboxylic acids is 12. The normalized spacial score (nSPS) is 15.3. The van der Waals surface area contributed by atoms with Crippen molar-refractivity contribution in [2.24, 2.45) is 51.6 Å². The molecular formula is C73H95ClN14O14. The molecule has 2 heterocycles. The van der Waals surface area contributed by atoms with E-state index in [4.69, 9.17) is 34.5 Å². The van der Waals surface area contributed by atoms with E-state index in [1.165, 1.54) is 55.4 Å². The van der Waals surface area contributed by atoms with Crippen molar-refractivity contribution in [3.63, 3.8) is 0 Å². The summed E-state index contributed by atoms with van der Waals surface area (Å²) in [6.07, 6.45) is 1.88. The van der Waals surface area contributed by atoms with Crippen LogP contribution in [0.4, 0.5) is 4.79 Å². The SMILES string of the molecule is CC(=O)N[C@H](Cc1ccc2ccccc2c1)C(=O)N[C@H](Cc1ccc(Cl)cc1)C(=O)C[C@H](Cc1cccnc1)C(=O)N[C@@H](CO)C(=O)C[C@@H](Cc1ccc(O)cc1)C(=O)N[C@H](CCCNC(N)=O)C(=O)C[C@@H](CC(C)C)C(=O)N[C@@H](CCCN=C(N)N)C(=O)N1CCCC1C(=O)N[C@H](C)C(N)=O. The van der Waals surface area contributed by atoms with E-state index in [0.29, 0.717) is 28.1 Å². The van der Waals surface area contributed by atoms with E-state index in [9.17, 15) is 67.7 Å². The molecule has 17 N–H and O–H groups in total. The lowest BCUT2D eigenvalue weighted by Crippen LogP contribution is -2.56. The number of nitrogens with zero attached hydrogens (tertiary/aromatic N) is 3. The number of likely N-dealkylation sites (tertiary alicyclic amines) is 1. The highest BCUT2D eigenvalue weighted by Crippen LogP contribution is 2.26. The van der Waals surface area contributed by atoms with Crippen molar-refractivity contribution in [3.05, 3.63) is 143 Å². The van der Waals surface area contributed by atoms with E-state index < -0.39 is 157 Å². The van der Waals surface area contributed by atoms with Gasteiger partial charge in [-0.15, -0.1) is 0 Å². The molecule has 1 unspecified atom stereocenters. The number of phenolic OH excluding ortho intramolecular Hbond substituents is 1. The molecule has 4 aromatic carbocycles. The Balaban J connectivity index is 1.26. The number of aromatic nitrogens is 1. The van der Waals surface area contributed by atoms with Crippen molar-refractivity contribution in [2.45, 2.75) is 160 Å². The van der Waals surface area contributed by atoms with Crippen LogP contribution in [0.25, 0.3) is 10.8 Å². The van der Waals surface area contributed by atoms with Crippen LogP contribution in [0.3, 0.4) is 0 Å². The average Bonchev–Trinajstić information content (AvgIpc) is 1.13. The van der Waals surface area contributed by atoms with Gasteiger partial charge >= 0.3 is 6.03 Å². The Hall–Kier alpha value is -10.3. The quantitative estimate of drug-likeness (QED) is 0.0152. The van der Waals surface area contributed by atoms with Gasteiger partial charge in [-0.05, 0) is 140 Å². The molecule has 10 atom stereocenters. The lowest BCUT2D eigenvalue weighted by atomic mass is 9.87. The van der Waals surface area contributed by atoms with Crippen molar-refractivity contribution in [3.8, 4) is 5.75 Å². The number of urea groups is 1. The zero-order chi connectivity index (χ0) is 74.6. The molecule has 5 aromatic rings. The number of pyridine rings is 1. The van der Waals surface area contributed by atoms with Crippen molar-refractivity contribution < 1.29 is 67.7 Å². The number of hydrogen-bond donors (Lipinski definition) is 13. The molecule has 1 aliphatic heterocycles. The van der Waals surface area contributed by atoms with Gasteiger partial charge in [0.05, 0.1) is 18.7 Å². The van der Waals surface area contributed by atoms with Gasteiger partial charge < -0.3 is 75.3 Å². The van der Waals surface area contributed by atoms with Gasteiger partial charge in [0, 0.05) is 87.4 Å². The number of nitrogens with one attached hydrogen (secondary N) is 7. The van der Waals surface area contributed by atoms with Gasteiger partial charge in [0.25, 0.3) is 0 Å². The van der Waals surface area contributed by atoms with E-state index in [1.54, 1.807) is 36.4 Å². The van der Waals surface area contributed by atoms with Gasteiger partial charge in [-0.2, -0.15) is 0 Å². The van der Waals surface area contributed by atoms with Crippen molar-refractivity contribution in [1.82, 2.24) is 47.1 Å². The fourth-order valence-electron chi connectivity index (χ4n) is 12.2. The van der Waals surface area contributed by atoms with Gasteiger partial charge in [0.2, 0.25) is 47.3 Å². The first-order chi connectivity index (χ1) is 48.6. The second-order valence-electron chi connectivity index (χ2n) is 26.3. The van der Waals surface area contributed by atoms with Crippen LogP contribution in [0.1, 0.15) is 114 Å². The number of hydrogen-bond acceptors (Lipinski definition) is 16. The Morgan fingerprint density at radius 1 is 0.598 bits per heavy atom. The number of fused-ring (bicyclic) bond motifs is 1. The molecule has 0 aliphatic carbocycles. The summed E-state index contributed by atoms with van der Waals surface area (Å²) in [5.74, 6) is -12.0. The largest absolute Gasteiger partial charge is 0.508 e. The maximum Gasteiger partial charge on any atom is 0.312 e. The van der Waals surface area contributed by atoms with Crippen LogP contribution >= 0.6 is 11.6 Å². The fraction of sp³-hybridized carbons (Fsp3) is 0.452. The number of Topliss-reactive ketones (excluding diaryl/α,β-unsaturated/α-hetero) is 3. The Kier molecular flexibility index (Phi) is 31.8. The topological polar surface area (TPSA) is 462 Å². The third-order valence-electron chi connectivity index (χ3n) is 17.6. The number of carbonyl (C=O) groups is 12. The summed E-state index contributed by atoms with van der Waals surface area (Å²) in [5, 5.41) is 42.2. The Morgan fingerprint density at radius 2 is 1.16 bits per heavy atom. The zero-order valence-corrected chi connectivity index (χ0v) is 58.6. The third-order valence-corrected chi connectivity index (χ3v) is 17.8. The molecule has 0 saturated carbocycles. The smallest absolute Gasteiger partial charge is 0.312 e. The van der Waals surface area contributed by atoms with E-state index in [1.807, 2.05) is 56.3 Å². The van der Waals surface area contributed by atoms with Gasteiger partial charge in [-0.3, -0.25) is 62.7 Å². The van der Waals surface area contributed by atoms with Crippen LogP contribution in [-0.4, -0.2) is 165 Å². The maximum absolute atomic E-state index is 15.0. The monoisotopic (exact) mass is 1430 g/mol. The minimum Gasteiger partial charge on any atom is -0.508 e. The lowest BCUT2D eigenvalue weighted by Gasteiger charge is -2.30. The lowest BCUT2D eigenvalue weighted by molar-refractivity contribution is -0.143. The number of ketones is 3. The Bertz CT molecular complexity index is 3760. The molecule has 10 amide bonds. The molecule has 1 aromatic heterocycles. The molecule has 0 bridgehead atoms. The standard InChI is InChI=1S/C73H95ClN14O14/c1-42(2)31-51(66(96)85-57(15-9-28-80-72(76)77)71(101)88-30-10-16-61(88)70(100)82-43(3)65(75)95)37-62(92)56(14-8-29-81-73(78)102)84-67(97)52(32-45-20-25-55(91)26-21-45)39-64(94)60(41-89)87-68(98)53(34-48-11-7-27-79-40-48)38-63(93)58(35-46-18-23-54(74)24-19-46)86-69(99)59(83-44(4)90)36-47-17-22-49-12-5-6-13-50(49)33-47/h5-7,11-13,17-27,33,40,42-43,51-53,56-61,89,91H,8-10,14-16,28-32,34-39,41H2,1-4H3,(H2,75,95)(H,82,100)(H,83,90)(H,84,97)(H,85,96)(H,86,99)(H,87,98)(H4,76,77,80)(H3,78,81,102)/t43-,51-,52-,53+,56-,57+,58-,59-,60+,61?/m1/s1. The van der Waals surface area contributed by atoms with Crippen LogP contribution in [0.5, 0.6) is 5.75 Å². The minimum atomic E-state index is -1.69. The summed E-state index contributed by atoms with van der Waals surface area (Å²) in [5.41, 5.74) is 24.2. The summed E-state index contributed by atoms with van der Waals surface area (Å²) in [6.45, 7) is 5.48.